The minimum absolute atomic E-state index is 0.126. The first-order valence-corrected chi connectivity index (χ1v) is 9.45. The van der Waals surface area contributed by atoms with Gasteiger partial charge in [0.2, 0.25) is 0 Å². The van der Waals surface area contributed by atoms with E-state index in [9.17, 15) is 4.79 Å². The van der Waals surface area contributed by atoms with Crippen molar-refractivity contribution < 1.29 is 14.3 Å². The molecule has 1 saturated heterocycles. The van der Waals surface area contributed by atoms with Crippen molar-refractivity contribution in [2.24, 2.45) is 0 Å². The first kappa shape index (κ1) is 20.7. The third kappa shape index (κ3) is 11.2. The summed E-state index contributed by atoms with van der Waals surface area (Å²) in [6, 6.07) is 0. The van der Waals surface area contributed by atoms with Gasteiger partial charge in [-0.15, -0.1) is 0 Å². The van der Waals surface area contributed by atoms with Gasteiger partial charge in [-0.25, -0.2) is 0 Å². The van der Waals surface area contributed by atoms with Crippen LogP contribution in [0.3, 0.4) is 0 Å². The van der Waals surface area contributed by atoms with Gasteiger partial charge in [-0.05, 0) is 38.5 Å². The van der Waals surface area contributed by atoms with Crippen molar-refractivity contribution in [2.45, 2.75) is 83.3 Å². The SMILES string of the molecule is CCCCC[C@@H]1O[C@@H]1C/C=C/C/C=C/C/C=C/CCCC(=O)OC. The number of rotatable bonds is 14. The topological polar surface area (TPSA) is 38.8 Å². The Bertz CT molecular complexity index is 409. The number of unbranched alkanes of at least 4 members (excludes halogenated alkanes) is 3. The molecule has 0 aromatic carbocycles. The third-order valence-electron chi connectivity index (χ3n) is 4.17. The molecule has 1 rings (SSSR count). The van der Waals surface area contributed by atoms with E-state index < -0.39 is 0 Å². The summed E-state index contributed by atoms with van der Waals surface area (Å²) in [6.45, 7) is 2.24. The van der Waals surface area contributed by atoms with E-state index in [1.807, 2.05) is 0 Å². The van der Waals surface area contributed by atoms with Gasteiger partial charge < -0.3 is 9.47 Å². The second-order valence-corrected chi connectivity index (χ2v) is 6.30. The largest absolute Gasteiger partial charge is 0.469 e. The number of epoxide rings is 1. The van der Waals surface area contributed by atoms with Gasteiger partial charge >= 0.3 is 5.97 Å². The van der Waals surface area contributed by atoms with Crippen LogP contribution in [0, 0.1) is 0 Å². The zero-order valence-corrected chi connectivity index (χ0v) is 15.4. The molecule has 0 aromatic heterocycles. The highest BCUT2D eigenvalue weighted by Crippen LogP contribution is 2.30. The lowest BCUT2D eigenvalue weighted by Gasteiger charge is -1.95. The van der Waals surface area contributed by atoms with Crippen molar-refractivity contribution in [2.75, 3.05) is 7.11 Å². The maximum atomic E-state index is 10.9. The van der Waals surface area contributed by atoms with Crippen LogP contribution in [0.15, 0.2) is 36.5 Å². The highest BCUT2D eigenvalue weighted by Gasteiger charge is 2.36. The molecular formula is C21H34O3. The number of ether oxygens (including phenoxy) is 2. The number of methoxy groups -OCH3 is 1. The smallest absolute Gasteiger partial charge is 0.305 e. The van der Waals surface area contributed by atoms with Crippen LogP contribution in [0.5, 0.6) is 0 Å². The van der Waals surface area contributed by atoms with Crippen LogP contribution < -0.4 is 0 Å². The summed E-state index contributed by atoms with van der Waals surface area (Å²) in [6.07, 6.45) is 24.6. The number of carbonyl (C=O) groups excluding carboxylic acids is 1. The number of hydrogen-bond donors (Lipinski definition) is 0. The van der Waals surface area contributed by atoms with Gasteiger partial charge in [0.15, 0.2) is 0 Å². The van der Waals surface area contributed by atoms with E-state index in [0.717, 1.165) is 32.1 Å². The summed E-state index contributed by atoms with van der Waals surface area (Å²) in [7, 11) is 1.43. The summed E-state index contributed by atoms with van der Waals surface area (Å²) in [5.41, 5.74) is 0. The Morgan fingerprint density at radius 1 is 0.958 bits per heavy atom. The van der Waals surface area contributed by atoms with Gasteiger partial charge in [0.25, 0.3) is 0 Å². The molecule has 24 heavy (non-hydrogen) atoms. The van der Waals surface area contributed by atoms with Gasteiger partial charge in [-0.3, -0.25) is 4.79 Å². The van der Waals surface area contributed by atoms with Gasteiger partial charge in [0.1, 0.15) is 0 Å². The maximum absolute atomic E-state index is 10.9. The number of allylic oxidation sites excluding steroid dienone is 5. The van der Waals surface area contributed by atoms with E-state index in [1.165, 1.54) is 32.8 Å². The fraction of sp³-hybridized carbons (Fsp3) is 0.667. The van der Waals surface area contributed by atoms with E-state index in [2.05, 4.69) is 48.1 Å². The second-order valence-electron chi connectivity index (χ2n) is 6.30. The fourth-order valence-electron chi connectivity index (χ4n) is 2.59. The third-order valence-corrected chi connectivity index (χ3v) is 4.17. The Kier molecular flexibility index (Phi) is 12.1. The molecule has 136 valence electrons. The Hall–Kier alpha value is -1.35. The maximum Gasteiger partial charge on any atom is 0.305 e. The molecule has 0 aromatic rings. The van der Waals surface area contributed by atoms with Crippen LogP contribution in [-0.2, 0) is 14.3 Å². The molecule has 0 amide bonds. The Labute approximate surface area is 147 Å². The molecule has 0 unspecified atom stereocenters. The number of hydrogen-bond acceptors (Lipinski definition) is 3. The van der Waals surface area contributed by atoms with Crippen molar-refractivity contribution in [3.63, 3.8) is 0 Å². The second kappa shape index (κ2) is 14.0. The molecule has 0 saturated carbocycles. The molecule has 0 bridgehead atoms. The van der Waals surface area contributed by atoms with Gasteiger partial charge in [0, 0.05) is 6.42 Å². The minimum atomic E-state index is -0.126. The monoisotopic (exact) mass is 334 g/mol. The quantitative estimate of drug-likeness (QED) is 0.182. The summed E-state index contributed by atoms with van der Waals surface area (Å²) in [4.78, 5) is 10.9. The molecule has 0 radical (unpaired) electrons. The summed E-state index contributed by atoms with van der Waals surface area (Å²) in [5, 5.41) is 0. The first-order valence-electron chi connectivity index (χ1n) is 9.45. The number of carbonyl (C=O) groups is 1. The number of esters is 1. The normalized spacial score (nSPS) is 20.4. The van der Waals surface area contributed by atoms with Crippen LogP contribution in [-0.4, -0.2) is 25.3 Å². The standard InChI is InChI=1S/C21H34O3/c1-3-4-13-16-19-20(24-19)17-14-11-9-7-5-6-8-10-12-15-18-21(22)23-2/h5,7-8,10-11,14,19-20H,3-4,6,9,12-13,15-18H2,1-2H3/b7-5+,10-8+,14-11+/t19-,20+/m0/s1. The van der Waals surface area contributed by atoms with Crippen molar-refractivity contribution in [3.05, 3.63) is 36.5 Å². The fourth-order valence-corrected chi connectivity index (χ4v) is 2.59. The molecule has 0 aliphatic carbocycles. The highest BCUT2D eigenvalue weighted by molar-refractivity contribution is 5.69. The average Bonchev–Trinajstić information content (AvgIpc) is 3.34. The van der Waals surface area contributed by atoms with Crippen LogP contribution in [0.25, 0.3) is 0 Å². The molecule has 1 aliphatic rings. The van der Waals surface area contributed by atoms with Crippen molar-refractivity contribution in [3.8, 4) is 0 Å². The molecule has 0 spiro atoms. The van der Waals surface area contributed by atoms with Crippen molar-refractivity contribution in [1.82, 2.24) is 0 Å². The molecule has 1 heterocycles. The van der Waals surface area contributed by atoms with E-state index in [-0.39, 0.29) is 5.97 Å². The van der Waals surface area contributed by atoms with Gasteiger partial charge in [-0.1, -0.05) is 62.6 Å². The zero-order valence-electron chi connectivity index (χ0n) is 15.4. The average molecular weight is 335 g/mol. The Morgan fingerprint density at radius 3 is 2.38 bits per heavy atom. The molecular weight excluding hydrogens is 300 g/mol. The molecule has 1 aliphatic heterocycles. The van der Waals surface area contributed by atoms with E-state index in [4.69, 9.17) is 4.74 Å². The lowest BCUT2D eigenvalue weighted by atomic mass is 10.1. The molecule has 3 heteroatoms. The molecule has 1 fully saturated rings. The summed E-state index contributed by atoms with van der Waals surface area (Å²) in [5.74, 6) is -0.126. The van der Waals surface area contributed by atoms with E-state index >= 15 is 0 Å². The predicted molar refractivity (Wildman–Crippen MR) is 99.9 cm³/mol. The van der Waals surface area contributed by atoms with Crippen LogP contribution in [0.4, 0.5) is 0 Å². The predicted octanol–water partition coefficient (Wildman–Crippen LogP) is 5.52. The summed E-state index contributed by atoms with van der Waals surface area (Å²) >= 11 is 0. The molecule has 0 N–H and O–H groups in total. The van der Waals surface area contributed by atoms with Crippen LogP contribution in [0.1, 0.15) is 71.1 Å². The molecule has 2 atom stereocenters. The van der Waals surface area contributed by atoms with Crippen molar-refractivity contribution >= 4 is 5.97 Å². The summed E-state index contributed by atoms with van der Waals surface area (Å²) < 4.78 is 10.3. The lowest BCUT2D eigenvalue weighted by molar-refractivity contribution is -0.140. The van der Waals surface area contributed by atoms with E-state index in [0.29, 0.717) is 18.6 Å². The lowest BCUT2D eigenvalue weighted by Crippen LogP contribution is -1.98. The van der Waals surface area contributed by atoms with Crippen LogP contribution >= 0.6 is 0 Å². The van der Waals surface area contributed by atoms with Gasteiger partial charge in [-0.2, -0.15) is 0 Å². The highest BCUT2D eigenvalue weighted by atomic mass is 16.6. The van der Waals surface area contributed by atoms with Crippen LogP contribution in [0.2, 0.25) is 0 Å². The molecule has 3 nitrogen and oxygen atoms in total. The first-order chi connectivity index (χ1) is 11.8. The Balaban J connectivity index is 1.90. The Morgan fingerprint density at radius 2 is 1.67 bits per heavy atom. The zero-order chi connectivity index (χ0) is 17.5. The van der Waals surface area contributed by atoms with Gasteiger partial charge in [0.05, 0.1) is 19.3 Å². The van der Waals surface area contributed by atoms with E-state index in [1.54, 1.807) is 0 Å². The minimum Gasteiger partial charge on any atom is -0.469 e. The van der Waals surface area contributed by atoms with Crippen molar-refractivity contribution in [1.29, 1.82) is 0 Å².